The van der Waals surface area contributed by atoms with Crippen LogP contribution < -0.4 is 5.73 Å². The van der Waals surface area contributed by atoms with Gasteiger partial charge in [-0.1, -0.05) is 62.1 Å². The van der Waals surface area contributed by atoms with Crippen LogP contribution in [0.15, 0.2) is 42.5 Å². The molecule has 0 amide bonds. The van der Waals surface area contributed by atoms with Crippen LogP contribution in [0.1, 0.15) is 5.56 Å². The standard InChI is InChI=1S/C14H23NSi/c1-12(11-16(2,3)4)14(15)10-13-8-6-5-7-9-13/h5-9,14H,1,10-11,15H2,2-4H3/t14-/m1/s1. The highest BCUT2D eigenvalue weighted by molar-refractivity contribution is 6.76. The van der Waals surface area contributed by atoms with E-state index in [0.717, 1.165) is 12.5 Å². The van der Waals surface area contributed by atoms with Gasteiger partial charge in [0.2, 0.25) is 0 Å². The first kappa shape index (κ1) is 13.2. The van der Waals surface area contributed by atoms with Crippen LogP contribution in [0, 0.1) is 0 Å². The molecule has 1 aromatic rings. The lowest BCUT2D eigenvalue weighted by Gasteiger charge is -2.22. The van der Waals surface area contributed by atoms with Gasteiger partial charge in [-0.2, -0.15) is 0 Å². The number of hydrogen-bond acceptors (Lipinski definition) is 1. The summed E-state index contributed by atoms with van der Waals surface area (Å²) in [6.45, 7) is 11.2. The molecule has 1 aromatic carbocycles. The Balaban J connectivity index is 2.53. The minimum absolute atomic E-state index is 0.106. The Morgan fingerprint density at radius 3 is 2.31 bits per heavy atom. The molecule has 88 valence electrons. The van der Waals surface area contributed by atoms with Crippen molar-refractivity contribution in [2.24, 2.45) is 5.73 Å². The van der Waals surface area contributed by atoms with Crippen molar-refractivity contribution in [2.45, 2.75) is 38.1 Å². The Bertz CT molecular complexity index is 338. The highest BCUT2D eigenvalue weighted by Crippen LogP contribution is 2.18. The van der Waals surface area contributed by atoms with Crippen molar-refractivity contribution in [3.8, 4) is 0 Å². The molecule has 16 heavy (non-hydrogen) atoms. The van der Waals surface area contributed by atoms with Crippen LogP contribution in [0.3, 0.4) is 0 Å². The van der Waals surface area contributed by atoms with Gasteiger partial charge in [0.15, 0.2) is 0 Å². The lowest BCUT2D eigenvalue weighted by atomic mass is 10.0. The van der Waals surface area contributed by atoms with E-state index < -0.39 is 8.07 Å². The van der Waals surface area contributed by atoms with Crippen LogP contribution in [0.25, 0.3) is 0 Å². The van der Waals surface area contributed by atoms with Crippen molar-refractivity contribution >= 4 is 8.07 Å². The van der Waals surface area contributed by atoms with Gasteiger partial charge in [0, 0.05) is 14.1 Å². The Kier molecular flexibility index (Phi) is 4.51. The normalized spacial score (nSPS) is 13.5. The van der Waals surface area contributed by atoms with E-state index in [1.807, 2.05) is 6.07 Å². The van der Waals surface area contributed by atoms with Crippen molar-refractivity contribution in [1.29, 1.82) is 0 Å². The maximum absolute atomic E-state index is 6.18. The Morgan fingerprint density at radius 2 is 1.81 bits per heavy atom. The number of benzene rings is 1. The summed E-state index contributed by atoms with van der Waals surface area (Å²) in [5.74, 6) is 0. The van der Waals surface area contributed by atoms with Gasteiger partial charge in [0.05, 0.1) is 0 Å². The molecular weight excluding hydrogens is 210 g/mol. The van der Waals surface area contributed by atoms with E-state index in [4.69, 9.17) is 5.73 Å². The van der Waals surface area contributed by atoms with Crippen LogP contribution in [0.4, 0.5) is 0 Å². The Morgan fingerprint density at radius 1 is 1.25 bits per heavy atom. The smallest absolute Gasteiger partial charge is 0.0483 e. The lowest BCUT2D eigenvalue weighted by molar-refractivity contribution is 0.763. The summed E-state index contributed by atoms with van der Waals surface area (Å²) in [5, 5.41) is 0. The highest BCUT2D eigenvalue weighted by Gasteiger charge is 2.18. The third kappa shape index (κ3) is 4.77. The van der Waals surface area contributed by atoms with Crippen LogP contribution in [0.2, 0.25) is 25.7 Å². The maximum atomic E-state index is 6.18. The molecule has 0 saturated heterocycles. The first-order valence-electron chi connectivity index (χ1n) is 5.86. The Labute approximate surface area is 100 Å². The Hall–Kier alpha value is -0.863. The number of nitrogens with two attached hydrogens (primary N) is 1. The summed E-state index contributed by atoms with van der Waals surface area (Å²) in [6, 6.07) is 11.6. The number of rotatable bonds is 5. The molecule has 0 unspecified atom stereocenters. The lowest BCUT2D eigenvalue weighted by Crippen LogP contribution is -2.30. The molecule has 0 bridgehead atoms. The molecule has 0 aromatic heterocycles. The molecule has 0 radical (unpaired) electrons. The molecular formula is C14H23NSi. The fraction of sp³-hybridized carbons (Fsp3) is 0.429. The van der Waals surface area contributed by atoms with Gasteiger partial charge in [-0.25, -0.2) is 0 Å². The van der Waals surface area contributed by atoms with E-state index >= 15 is 0 Å². The average molecular weight is 233 g/mol. The third-order valence-electron chi connectivity index (χ3n) is 2.58. The van der Waals surface area contributed by atoms with Crippen LogP contribution in [0.5, 0.6) is 0 Å². The predicted octanol–water partition coefficient (Wildman–Crippen LogP) is 3.45. The van der Waals surface area contributed by atoms with Crippen molar-refractivity contribution in [1.82, 2.24) is 0 Å². The highest BCUT2D eigenvalue weighted by atomic mass is 28.3. The fourth-order valence-corrected chi connectivity index (χ4v) is 3.45. The first-order valence-corrected chi connectivity index (χ1v) is 9.56. The van der Waals surface area contributed by atoms with E-state index in [0.29, 0.717) is 0 Å². The summed E-state index contributed by atoms with van der Waals surface area (Å²) in [6.07, 6.45) is 0.907. The minimum Gasteiger partial charge on any atom is -0.324 e. The average Bonchev–Trinajstić information content (AvgIpc) is 2.16. The van der Waals surface area contributed by atoms with Gasteiger partial charge in [-0.3, -0.25) is 0 Å². The molecule has 0 fully saturated rings. The predicted molar refractivity (Wildman–Crippen MR) is 75.4 cm³/mol. The largest absolute Gasteiger partial charge is 0.324 e. The molecule has 2 heteroatoms. The monoisotopic (exact) mass is 233 g/mol. The molecule has 1 nitrogen and oxygen atoms in total. The summed E-state index contributed by atoms with van der Waals surface area (Å²) in [4.78, 5) is 0. The molecule has 2 N–H and O–H groups in total. The molecule has 0 heterocycles. The maximum Gasteiger partial charge on any atom is 0.0483 e. The van der Waals surface area contributed by atoms with E-state index in [1.54, 1.807) is 0 Å². The topological polar surface area (TPSA) is 26.0 Å². The van der Waals surface area contributed by atoms with Crippen LogP contribution in [-0.4, -0.2) is 14.1 Å². The quantitative estimate of drug-likeness (QED) is 0.612. The zero-order valence-electron chi connectivity index (χ0n) is 10.7. The molecule has 1 atom stereocenters. The second-order valence-electron chi connectivity index (χ2n) is 5.69. The van der Waals surface area contributed by atoms with Crippen molar-refractivity contribution in [3.05, 3.63) is 48.0 Å². The van der Waals surface area contributed by atoms with Gasteiger partial charge in [0.25, 0.3) is 0 Å². The summed E-state index contributed by atoms with van der Waals surface area (Å²) < 4.78 is 0. The van der Waals surface area contributed by atoms with E-state index in [1.165, 1.54) is 11.1 Å². The summed E-state index contributed by atoms with van der Waals surface area (Å²) in [5.41, 5.74) is 8.69. The van der Waals surface area contributed by atoms with Gasteiger partial charge in [-0.15, -0.1) is 0 Å². The van der Waals surface area contributed by atoms with Gasteiger partial charge < -0.3 is 5.73 Å². The second kappa shape index (κ2) is 5.46. The van der Waals surface area contributed by atoms with Crippen molar-refractivity contribution in [2.75, 3.05) is 0 Å². The van der Waals surface area contributed by atoms with Crippen LogP contribution >= 0.6 is 0 Å². The van der Waals surface area contributed by atoms with Crippen molar-refractivity contribution < 1.29 is 0 Å². The molecule has 0 aliphatic carbocycles. The molecule has 1 rings (SSSR count). The fourth-order valence-electron chi connectivity index (χ4n) is 1.82. The minimum atomic E-state index is -1.08. The van der Waals surface area contributed by atoms with E-state index in [9.17, 15) is 0 Å². The first-order chi connectivity index (χ1) is 7.38. The molecule has 0 spiro atoms. The number of hydrogen-bond donors (Lipinski definition) is 1. The second-order valence-corrected chi connectivity index (χ2v) is 11.2. The summed E-state index contributed by atoms with van der Waals surface area (Å²) in [7, 11) is -1.08. The van der Waals surface area contributed by atoms with E-state index in [2.05, 4.69) is 50.5 Å². The SMILES string of the molecule is C=C(C[Si](C)(C)C)[C@H](N)Cc1ccccc1. The van der Waals surface area contributed by atoms with E-state index in [-0.39, 0.29) is 6.04 Å². The van der Waals surface area contributed by atoms with Crippen molar-refractivity contribution in [3.63, 3.8) is 0 Å². The van der Waals surface area contributed by atoms with Crippen LogP contribution in [-0.2, 0) is 6.42 Å². The van der Waals surface area contributed by atoms with Gasteiger partial charge >= 0.3 is 0 Å². The van der Waals surface area contributed by atoms with Gasteiger partial charge in [-0.05, 0) is 18.0 Å². The zero-order chi connectivity index (χ0) is 12.2. The third-order valence-corrected chi connectivity index (χ3v) is 4.09. The molecule has 0 saturated carbocycles. The molecule has 0 aliphatic heterocycles. The molecule has 0 aliphatic rings. The summed E-state index contributed by atoms with van der Waals surface area (Å²) >= 11 is 0. The van der Waals surface area contributed by atoms with Gasteiger partial charge in [0.1, 0.15) is 0 Å². The zero-order valence-corrected chi connectivity index (χ0v) is 11.7.